The summed E-state index contributed by atoms with van der Waals surface area (Å²) in [5, 5.41) is 12.4. The molecule has 0 atom stereocenters. The molecule has 0 spiro atoms. The molecule has 5 rings (SSSR count). The number of anilines is 2. The minimum atomic E-state index is -0.303. The van der Waals surface area contributed by atoms with E-state index >= 15 is 0 Å². The van der Waals surface area contributed by atoms with Gasteiger partial charge in [0.1, 0.15) is 11.4 Å². The Morgan fingerprint density at radius 1 is 0.947 bits per heavy atom. The van der Waals surface area contributed by atoms with E-state index in [4.69, 9.17) is 12.2 Å². The summed E-state index contributed by atoms with van der Waals surface area (Å²) in [7, 11) is 1.80. The average molecular weight is 530 g/mol. The monoisotopic (exact) mass is 529 g/mol. The first-order chi connectivity index (χ1) is 18.1. The molecule has 0 aliphatic carbocycles. The highest BCUT2D eigenvalue weighted by Gasteiger charge is 2.37. The van der Waals surface area contributed by atoms with Crippen LogP contribution in [0.5, 0.6) is 0 Å². The molecular weight excluding hydrogens is 498 g/mol. The van der Waals surface area contributed by atoms with Crippen LogP contribution < -0.4 is 9.80 Å². The molecular formula is C29H31N5O3S. The molecule has 2 aromatic carbocycles. The highest BCUT2D eigenvalue weighted by Crippen LogP contribution is 2.35. The second kappa shape index (κ2) is 9.72. The van der Waals surface area contributed by atoms with Crippen molar-refractivity contribution in [3.63, 3.8) is 0 Å². The van der Waals surface area contributed by atoms with Crippen LogP contribution in [0.2, 0.25) is 0 Å². The van der Waals surface area contributed by atoms with E-state index in [0.29, 0.717) is 16.5 Å². The third kappa shape index (κ3) is 4.26. The van der Waals surface area contributed by atoms with Crippen LogP contribution in [-0.2, 0) is 4.79 Å². The number of amides is 1. The van der Waals surface area contributed by atoms with E-state index in [1.54, 1.807) is 22.9 Å². The fourth-order valence-electron chi connectivity index (χ4n) is 5.35. The van der Waals surface area contributed by atoms with Crippen LogP contribution in [0.15, 0.2) is 48.2 Å². The Morgan fingerprint density at radius 2 is 1.63 bits per heavy atom. The zero-order valence-corrected chi connectivity index (χ0v) is 23.1. The molecule has 8 nitrogen and oxygen atoms in total. The number of aryl methyl sites for hydroxylation is 3. The maximum absolute atomic E-state index is 13.5. The van der Waals surface area contributed by atoms with Crippen molar-refractivity contribution in [1.29, 1.82) is 0 Å². The van der Waals surface area contributed by atoms with Crippen LogP contribution in [0.25, 0.3) is 11.8 Å². The quantitative estimate of drug-likeness (QED) is 0.179. The second-order valence-electron chi connectivity index (χ2n) is 10.1. The molecule has 2 saturated heterocycles. The zero-order valence-electron chi connectivity index (χ0n) is 22.3. The summed E-state index contributed by atoms with van der Waals surface area (Å²) in [6, 6.07) is 13.3. The molecule has 2 aliphatic heterocycles. The maximum Gasteiger partial charge on any atom is 0.294 e. The van der Waals surface area contributed by atoms with Gasteiger partial charge >= 0.3 is 0 Å². The van der Waals surface area contributed by atoms with Gasteiger partial charge in [-0.05, 0) is 106 Å². The first-order valence-corrected chi connectivity index (χ1v) is 13.1. The summed E-state index contributed by atoms with van der Waals surface area (Å²) >= 11 is 5.65. The number of carbonyl (C=O) groups is 1. The Hall–Kier alpha value is -3.98. The molecule has 0 radical (unpaired) electrons. The number of aromatic nitrogens is 1. The normalized spacial score (nSPS) is 16.9. The Bertz CT molecular complexity index is 1520. The molecule has 3 aromatic rings. The van der Waals surface area contributed by atoms with E-state index in [1.807, 2.05) is 74.7 Å². The summed E-state index contributed by atoms with van der Waals surface area (Å²) in [5.41, 5.74) is 7.61. The number of nitro benzene ring substituents is 1. The lowest BCUT2D eigenvalue weighted by Crippen LogP contribution is -2.31. The van der Waals surface area contributed by atoms with Crippen LogP contribution in [0.4, 0.5) is 17.1 Å². The maximum atomic E-state index is 13.5. The van der Waals surface area contributed by atoms with E-state index in [9.17, 15) is 14.9 Å². The molecule has 1 amide bonds. The molecule has 0 N–H and O–H groups in total. The van der Waals surface area contributed by atoms with Gasteiger partial charge in [0, 0.05) is 37.6 Å². The van der Waals surface area contributed by atoms with Crippen molar-refractivity contribution in [3.8, 4) is 5.69 Å². The summed E-state index contributed by atoms with van der Waals surface area (Å²) in [6.07, 6.45) is 3.94. The van der Waals surface area contributed by atoms with Crippen molar-refractivity contribution in [3.05, 3.63) is 86.4 Å². The van der Waals surface area contributed by atoms with Gasteiger partial charge in [-0.2, -0.15) is 0 Å². The van der Waals surface area contributed by atoms with Crippen molar-refractivity contribution >= 4 is 46.4 Å². The Morgan fingerprint density at radius 3 is 2.29 bits per heavy atom. The lowest BCUT2D eigenvalue weighted by atomic mass is 10.1. The van der Waals surface area contributed by atoms with Crippen molar-refractivity contribution in [2.75, 3.05) is 29.9 Å². The average Bonchev–Trinajstić information content (AvgIpc) is 3.56. The molecule has 2 fully saturated rings. The lowest BCUT2D eigenvalue weighted by molar-refractivity contribution is -0.384. The van der Waals surface area contributed by atoms with Crippen molar-refractivity contribution in [1.82, 2.24) is 9.47 Å². The Labute approximate surface area is 227 Å². The molecule has 196 valence electrons. The summed E-state index contributed by atoms with van der Waals surface area (Å²) in [5.74, 6) is -0.184. The minimum Gasteiger partial charge on any atom is -0.366 e. The fraction of sp³-hybridized carbons (Fsp3) is 0.310. The van der Waals surface area contributed by atoms with Crippen LogP contribution in [-0.4, -0.2) is 45.5 Å². The fourth-order valence-corrected chi connectivity index (χ4v) is 5.64. The van der Waals surface area contributed by atoms with Crippen LogP contribution in [0.3, 0.4) is 0 Å². The van der Waals surface area contributed by atoms with Crippen molar-refractivity contribution in [2.24, 2.45) is 0 Å². The molecule has 3 heterocycles. The number of hydrogen-bond donors (Lipinski definition) is 0. The predicted octanol–water partition coefficient (Wildman–Crippen LogP) is 5.82. The predicted molar refractivity (Wildman–Crippen MR) is 155 cm³/mol. The number of nitrogens with zero attached hydrogens (tertiary/aromatic N) is 5. The SMILES string of the molecule is Cc1ccc(N2C(=O)/C(=C/c3cc(C)n(-c4ccc(N5CCCC5)c([N+](=O)[O-])c4)c3C)N(C)C2=S)cc1C. The third-order valence-electron chi connectivity index (χ3n) is 7.63. The lowest BCUT2D eigenvalue weighted by Gasteiger charge is -2.19. The largest absolute Gasteiger partial charge is 0.366 e. The minimum absolute atomic E-state index is 0.108. The number of rotatable bonds is 5. The first-order valence-electron chi connectivity index (χ1n) is 12.7. The van der Waals surface area contributed by atoms with Gasteiger partial charge in [-0.15, -0.1) is 0 Å². The van der Waals surface area contributed by atoms with Crippen LogP contribution in [0, 0.1) is 37.8 Å². The molecule has 38 heavy (non-hydrogen) atoms. The molecule has 0 bridgehead atoms. The van der Waals surface area contributed by atoms with Gasteiger partial charge in [0.15, 0.2) is 5.11 Å². The van der Waals surface area contributed by atoms with E-state index < -0.39 is 0 Å². The number of likely N-dealkylation sites (N-methyl/N-ethyl adjacent to an activating group) is 1. The highest BCUT2D eigenvalue weighted by atomic mass is 32.1. The third-order valence-corrected chi connectivity index (χ3v) is 8.09. The number of nitro groups is 1. The molecule has 0 saturated carbocycles. The van der Waals surface area contributed by atoms with Gasteiger partial charge in [-0.25, -0.2) is 0 Å². The zero-order chi connectivity index (χ0) is 27.3. The second-order valence-corrected chi connectivity index (χ2v) is 10.4. The van der Waals surface area contributed by atoms with E-state index in [2.05, 4.69) is 4.90 Å². The van der Waals surface area contributed by atoms with Crippen LogP contribution in [0.1, 0.15) is 40.9 Å². The van der Waals surface area contributed by atoms with Gasteiger partial charge in [0.25, 0.3) is 11.6 Å². The topological polar surface area (TPSA) is 74.9 Å². The summed E-state index contributed by atoms with van der Waals surface area (Å²) < 4.78 is 1.99. The summed E-state index contributed by atoms with van der Waals surface area (Å²) in [6.45, 7) is 9.63. The Balaban J connectivity index is 1.52. The number of carbonyl (C=O) groups excluding carboxylic acids is 1. The van der Waals surface area contributed by atoms with Gasteiger partial charge < -0.3 is 14.4 Å². The highest BCUT2D eigenvalue weighted by molar-refractivity contribution is 7.80. The number of benzene rings is 2. The van der Waals surface area contributed by atoms with Gasteiger partial charge in [-0.3, -0.25) is 19.8 Å². The van der Waals surface area contributed by atoms with Crippen molar-refractivity contribution in [2.45, 2.75) is 40.5 Å². The molecule has 9 heteroatoms. The van der Waals surface area contributed by atoms with Gasteiger partial charge in [0.05, 0.1) is 16.3 Å². The first kappa shape index (κ1) is 25.7. The molecule has 1 aromatic heterocycles. The standard InChI is InChI=1S/C29H31N5O3S/c1-18-8-9-23(14-19(18)2)33-28(35)27(30(5)29(33)38)16-22-15-20(3)32(21(22)4)24-10-11-25(26(17-24)34(36)37)31-12-6-7-13-31/h8-11,14-17H,6-7,12-13H2,1-5H3/b27-16-. The van der Waals surface area contributed by atoms with Crippen LogP contribution >= 0.6 is 12.2 Å². The van der Waals surface area contributed by atoms with E-state index in [0.717, 1.165) is 65.4 Å². The smallest absolute Gasteiger partial charge is 0.294 e. The molecule has 0 unspecified atom stereocenters. The van der Waals surface area contributed by atoms with Crippen molar-refractivity contribution < 1.29 is 9.72 Å². The summed E-state index contributed by atoms with van der Waals surface area (Å²) in [4.78, 5) is 30.6. The Kier molecular flexibility index (Phi) is 6.56. The van der Waals surface area contributed by atoms with E-state index in [-0.39, 0.29) is 16.5 Å². The molecule has 2 aliphatic rings. The number of hydrogen-bond acceptors (Lipinski definition) is 5. The number of thiocarbonyl (C=S) groups is 1. The van der Waals surface area contributed by atoms with E-state index in [1.165, 1.54) is 0 Å². The van der Waals surface area contributed by atoms with Gasteiger partial charge in [0.2, 0.25) is 0 Å². The van der Waals surface area contributed by atoms with Gasteiger partial charge in [-0.1, -0.05) is 6.07 Å².